The van der Waals surface area contributed by atoms with Crippen LogP contribution in [0.15, 0.2) is 42.5 Å². The van der Waals surface area contributed by atoms with Crippen LogP contribution < -0.4 is 10.1 Å². The smallest absolute Gasteiger partial charge is 0.173 e. The molecule has 33 heavy (non-hydrogen) atoms. The van der Waals surface area contributed by atoms with E-state index < -0.39 is 0 Å². The maximum atomic E-state index is 5.99. The third-order valence-electron chi connectivity index (χ3n) is 6.16. The highest BCUT2D eigenvalue weighted by Crippen LogP contribution is 2.25. The van der Waals surface area contributed by atoms with Gasteiger partial charge in [0.25, 0.3) is 0 Å². The Morgan fingerprint density at radius 3 is 2.33 bits per heavy atom. The van der Waals surface area contributed by atoms with Crippen molar-refractivity contribution in [3.63, 3.8) is 0 Å². The number of hydrogen-bond acceptors (Lipinski definition) is 4. The standard InChI is InChI=1S/C27H39N3O2S/c1-4-22-12-9-13-23(5-2)26(22)28-27(33)30(16-10-15-29-17-19-31-20-18-29)21-24-11-7-8-14-25(24)32-6-3/h7-9,11-14H,4-6,10,15-21H2,1-3H3,(H,28,33). The number of anilines is 1. The normalized spacial score (nSPS) is 14.2. The number of para-hydroxylation sites is 2. The van der Waals surface area contributed by atoms with Crippen LogP contribution in [0, 0.1) is 0 Å². The van der Waals surface area contributed by atoms with E-state index in [-0.39, 0.29) is 0 Å². The van der Waals surface area contributed by atoms with Crippen molar-refractivity contribution in [1.82, 2.24) is 9.80 Å². The van der Waals surface area contributed by atoms with E-state index >= 15 is 0 Å². The van der Waals surface area contributed by atoms with E-state index in [2.05, 4.69) is 59.3 Å². The molecule has 0 amide bonds. The highest BCUT2D eigenvalue weighted by atomic mass is 32.1. The van der Waals surface area contributed by atoms with Gasteiger partial charge in [-0.05, 0) is 55.6 Å². The Morgan fingerprint density at radius 2 is 1.67 bits per heavy atom. The molecule has 5 nitrogen and oxygen atoms in total. The molecular formula is C27H39N3O2S. The van der Waals surface area contributed by atoms with Crippen LogP contribution in [0.4, 0.5) is 5.69 Å². The van der Waals surface area contributed by atoms with Gasteiger partial charge in [0, 0.05) is 44.0 Å². The molecule has 0 unspecified atom stereocenters. The molecule has 0 saturated carbocycles. The second-order valence-electron chi connectivity index (χ2n) is 8.36. The van der Waals surface area contributed by atoms with Crippen molar-refractivity contribution in [1.29, 1.82) is 0 Å². The van der Waals surface area contributed by atoms with Gasteiger partial charge in [0.1, 0.15) is 5.75 Å². The summed E-state index contributed by atoms with van der Waals surface area (Å²) < 4.78 is 11.4. The van der Waals surface area contributed by atoms with E-state index in [1.54, 1.807) is 0 Å². The molecule has 1 saturated heterocycles. The molecule has 0 radical (unpaired) electrons. The predicted molar refractivity (Wildman–Crippen MR) is 141 cm³/mol. The maximum absolute atomic E-state index is 5.99. The van der Waals surface area contributed by atoms with Crippen LogP contribution in [0.3, 0.4) is 0 Å². The largest absolute Gasteiger partial charge is 0.494 e. The lowest BCUT2D eigenvalue weighted by molar-refractivity contribution is 0.0367. The number of nitrogens with one attached hydrogen (secondary N) is 1. The van der Waals surface area contributed by atoms with Crippen molar-refractivity contribution >= 4 is 23.0 Å². The van der Waals surface area contributed by atoms with Gasteiger partial charge in [-0.15, -0.1) is 0 Å². The van der Waals surface area contributed by atoms with Gasteiger partial charge in [0.15, 0.2) is 5.11 Å². The van der Waals surface area contributed by atoms with Crippen LogP contribution in [0.2, 0.25) is 0 Å². The van der Waals surface area contributed by atoms with Gasteiger partial charge < -0.3 is 19.7 Å². The first kappa shape index (κ1) is 25.5. The van der Waals surface area contributed by atoms with Crippen LogP contribution in [-0.2, 0) is 24.1 Å². The molecular weight excluding hydrogens is 430 g/mol. The van der Waals surface area contributed by atoms with Gasteiger partial charge in [-0.25, -0.2) is 0 Å². The summed E-state index contributed by atoms with van der Waals surface area (Å²) in [6.07, 6.45) is 3.00. The Bertz CT molecular complexity index is 861. The lowest BCUT2D eigenvalue weighted by atomic mass is 10.0. The van der Waals surface area contributed by atoms with E-state index in [1.165, 1.54) is 16.8 Å². The summed E-state index contributed by atoms with van der Waals surface area (Å²) in [6, 6.07) is 14.8. The molecule has 0 bridgehead atoms. The van der Waals surface area contributed by atoms with Crippen molar-refractivity contribution in [2.24, 2.45) is 0 Å². The zero-order valence-electron chi connectivity index (χ0n) is 20.4. The van der Waals surface area contributed by atoms with E-state index in [1.807, 2.05) is 19.1 Å². The van der Waals surface area contributed by atoms with Gasteiger partial charge in [-0.1, -0.05) is 50.2 Å². The first-order valence-corrected chi connectivity index (χ1v) is 12.7. The van der Waals surface area contributed by atoms with Crippen molar-refractivity contribution in [2.45, 2.75) is 46.6 Å². The van der Waals surface area contributed by atoms with E-state index in [0.29, 0.717) is 6.61 Å². The number of nitrogens with zero attached hydrogens (tertiary/aromatic N) is 2. The van der Waals surface area contributed by atoms with E-state index in [0.717, 1.165) is 81.6 Å². The molecule has 1 fully saturated rings. The van der Waals surface area contributed by atoms with Crippen LogP contribution in [0.25, 0.3) is 0 Å². The van der Waals surface area contributed by atoms with E-state index in [9.17, 15) is 0 Å². The highest BCUT2D eigenvalue weighted by Gasteiger charge is 2.17. The Balaban J connectivity index is 1.76. The molecule has 2 aromatic carbocycles. The van der Waals surface area contributed by atoms with Crippen LogP contribution >= 0.6 is 12.2 Å². The Hall–Kier alpha value is -2.15. The van der Waals surface area contributed by atoms with Gasteiger partial charge in [0.05, 0.1) is 19.8 Å². The number of thiocarbonyl (C=S) groups is 1. The molecule has 0 spiro atoms. The second-order valence-corrected chi connectivity index (χ2v) is 8.75. The Morgan fingerprint density at radius 1 is 1.00 bits per heavy atom. The van der Waals surface area contributed by atoms with Crippen LogP contribution in [0.1, 0.15) is 43.9 Å². The molecule has 3 rings (SSSR count). The first-order valence-electron chi connectivity index (χ1n) is 12.3. The molecule has 180 valence electrons. The minimum Gasteiger partial charge on any atom is -0.494 e. The average molecular weight is 470 g/mol. The molecule has 2 aromatic rings. The maximum Gasteiger partial charge on any atom is 0.173 e. The van der Waals surface area contributed by atoms with Crippen molar-refractivity contribution in [3.8, 4) is 5.75 Å². The molecule has 1 heterocycles. The zero-order chi connectivity index (χ0) is 23.5. The number of ether oxygens (including phenoxy) is 2. The number of benzene rings is 2. The second kappa shape index (κ2) is 13.5. The lowest BCUT2D eigenvalue weighted by Crippen LogP contribution is -2.40. The molecule has 1 aliphatic heterocycles. The van der Waals surface area contributed by atoms with Crippen molar-refractivity contribution < 1.29 is 9.47 Å². The summed E-state index contributed by atoms with van der Waals surface area (Å²) >= 11 is 5.99. The van der Waals surface area contributed by atoms with Gasteiger partial charge in [0.2, 0.25) is 0 Å². The van der Waals surface area contributed by atoms with Crippen LogP contribution in [-0.4, -0.2) is 60.9 Å². The number of hydrogen-bond donors (Lipinski definition) is 1. The Kier molecular flexibility index (Phi) is 10.4. The van der Waals surface area contributed by atoms with Crippen molar-refractivity contribution in [2.75, 3.05) is 51.3 Å². The highest BCUT2D eigenvalue weighted by molar-refractivity contribution is 7.80. The molecule has 0 aromatic heterocycles. The van der Waals surface area contributed by atoms with Crippen LogP contribution in [0.5, 0.6) is 5.75 Å². The fourth-order valence-corrected chi connectivity index (χ4v) is 4.55. The molecule has 0 atom stereocenters. The van der Waals surface area contributed by atoms with Gasteiger partial charge in [-0.2, -0.15) is 0 Å². The summed E-state index contributed by atoms with van der Waals surface area (Å²) in [5.41, 5.74) is 4.94. The summed E-state index contributed by atoms with van der Waals surface area (Å²) in [6.45, 7) is 13.4. The fraction of sp³-hybridized carbons (Fsp3) is 0.519. The van der Waals surface area contributed by atoms with Gasteiger partial charge >= 0.3 is 0 Å². The monoisotopic (exact) mass is 469 g/mol. The summed E-state index contributed by atoms with van der Waals surface area (Å²) in [5.74, 6) is 0.934. The predicted octanol–water partition coefficient (Wildman–Crippen LogP) is 5.13. The zero-order valence-corrected chi connectivity index (χ0v) is 21.3. The summed E-state index contributed by atoms with van der Waals surface area (Å²) in [5, 5.41) is 4.40. The SMILES string of the molecule is CCOc1ccccc1CN(CCCN1CCOCC1)C(=S)Nc1c(CC)cccc1CC. The fourth-order valence-electron chi connectivity index (χ4n) is 4.29. The summed E-state index contributed by atoms with van der Waals surface area (Å²) in [7, 11) is 0. The quantitative estimate of drug-likeness (QED) is 0.460. The number of rotatable bonds is 11. The van der Waals surface area contributed by atoms with Gasteiger partial charge in [-0.3, -0.25) is 4.90 Å². The third-order valence-corrected chi connectivity index (χ3v) is 6.52. The lowest BCUT2D eigenvalue weighted by Gasteiger charge is -2.30. The minimum atomic E-state index is 0.653. The topological polar surface area (TPSA) is 37.0 Å². The Labute approximate surface area is 205 Å². The minimum absolute atomic E-state index is 0.653. The third kappa shape index (κ3) is 7.42. The summed E-state index contributed by atoms with van der Waals surface area (Å²) in [4.78, 5) is 4.77. The van der Waals surface area contributed by atoms with E-state index in [4.69, 9.17) is 21.7 Å². The molecule has 1 aliphatic rings. The van der Waals surface area contributed by atoms with Crippen molar-refractivity contribution in [3.05, 3.63) is 59.2 Å². The first-order chi connectivity index (χ1) is 16.2. The molecule has 0 aliphatic carbocycles. The molecule has 6 heteroatoms. The number of morpholine rings is 1. The number of aryl methyl sites for hydroxylation is 2. The molecule has 1 N–H and O–H groups in total. The average Bonchev–Trinajstić information content (AvgIpc) is 2.85.